The van der Waals surface area contributed by atoms with Crippen LogP contribution in [-0.2, 0) is 14.3 Å². The molecule has 33 heavy (non-hydrogen) atoms. The first kappa shape index (κ1) is 22.6. The van der Waals surface area contributed by atoms with Crippen LogP contribution in [0.15, 0.2) is 84.9 Å². The molecule has 1 saturated carbocycles. The fourth-order valence-electron chi connectivity index (χ4n) is 4.79. The Labute approximate surface area is 192 Å². The fourth-order valence-corrected chi connectivity index (χ4v) is 4.79. The van der Waals surface area contributed by atoms with Gasteiger partial charge in [-0.1, -0.05) is 66.7 Å². The third-order valence-electron chi connectivity index (χ3n) is 6.41. The second-order valence-electron chi connectivity index (χ2n) is 8.03. The van der Waals surface area contributed by atoms with Gasteiger partial charge in [-0.3, -0.25) is 4.79 Å². The Morgan fingerprint density at radius 3 is 2.15 bits per heavy atom. The number of hydrogen-bond acceptors (Lipinski definition) is 6. The molecule has 4 atom stereocenters. The van der Waals surface area contributed by atoms with Crippen molar-refractivity contribution in [1.29, 1.82) is 0 Å². The second-order valence-corrected chi connectivity index (χ2v) is 8.03. The molecular formula is C27H26O6. The van der Waals surface area contributed by atoms with E-state index in [1.165, 1.54) is 7.11 Å². The number of aliphatic hydroxyl groups is 1. The molecule has 170 valence electrons. The van der Waals surface area contributed by atoms with Crippen molar-refractivity contribution in [1.82, 2.24) is 0 Å². The molecule has 0 bridgehead atoms. The van der Waals surface area contributed by atoms with Gasteiger partial charge < -0.3 is 19.3 Å². The van der Waals surface area contributed by atoms with Crippen molar-refractivity contribution in [3.8, 4) is 5.75 Å². The topological polar surface area (TPSA) is 82.1 Å². The summed E-state index contributed by atoms with van der Waals surface area (Å²) in [6, 6.07) is 25.0. The third kappa shape index (κ3) is 3.98. The average molecular weight is 446 g/mol. The highest BCUT2D eigenvalue weighted by Crippen LogP contribution is 2.72. The molecule has 0 saturated heterocycles. The summed E-state index contributed by atoms with van der Waals surface area (Å²) in [6.45, 7) is -0.0601. The van der Waals surface area contributed by atoms with Gasteiger partial charge in [0.2, 0.25) is 0 Å². The lowest BCUT2D eigenvalue weighted by Crippen LogP contribution is -2.30. The zero-order valence-electron chi connectivity index (χ0n) is 18.5. The van der Waals surface area contributed by atoms with Gasteiger partial charge in [-0.15, -0.1) is 0 Å². The molecule has 0 aliphatic heterocycles. The molecule has 3 aromatic carbocycles. The minimum atomic E-state index is -1.33. The van der Waals surface area contributed by atoms with E-state index in [2.05, 4.69) is 0 Å². The van der Waals surface area contributed by atoms with Crippen molar-refractivity contribution in [3.63, 3.8) is 0 Å². The maximum Gasteiger partial charge on any atom is 0.338 e. The van der Waals surface area contributed by atoms with Crippen molar-refractivity contribution >= 4 is 11.9 Å². The molecule has 0 aromatic heterocycles. The number of methoxy groups -OCH3 is 2. The van der Waals surface area contributed by atoms with Crippen LogP contribution < -0.4 is 4.74 Å². The standard InChI is InChI=1S/C27H26O6/c1-31-22-16-10-9-15-20(22)23-21(17-33-25(29)19-13-7-4-8-14-19)27(23,26(30)32-2)24(28)18-11-5-3-6-12-18/h3-16,21,23-24,28H,17H2,1-2H3/t21-,23-,24?,27+/m1/s1. The summed E-state index contributed by atoms with van der Waals surface area (Å²) in [5.74, 6) is -1.44. The molecule has 6 heteroatoms. The van der Waals surface area contributed by atoms with Crippen molar-refractivity contribution in [2.75, 3.05) is 20.8 Å². The Hall–Kier alpha value is -3.64. The zero-order chi connectivity index (χ0) is 23.4. The van der Waals surface area contributed by atoms with E-state index in [1.54, 1.807) is 61.7 Å². The number of rotatable bonds is 8. The van der Waals surface area contributed by atoms with Crippen LogP contribution >= 0.6 is 0 Å². The number of benzene rings is 3. The normalized spacial score (nSPS) is 22.2. The SMILES string of the molecule is COC(=O)[C@@]1(C(O)c2ccccc2)[C@H](COC(=O)c2ccccc2)[C@H]1c1ccccc1OC. The van der Waals surface area contributed by atoms with Crippen molar-refractivity contribution < 1.29 is 28.9 Å². The minimum Gasteiger partial charge on any atom is -0.496 e. The van der Waals surface area contributed by atoms with Crippen LogP contribution in [0.5, 0.6) is 5.75 Å². The van der Waals surface area contributed by atoms with Crippen LogP contribution in [-0.4, -0.2) is 37.9 Å². The molecule has 3 aromatic rings. The molecule has 1 N–H and O–H groups in total. The minimum absolute atomic E-state index is 0.0601. The third-order valence-corrected chi connectivity index (χ3v) is 6.41. The van der Waals surface area contributed by atoms with Gasteiger partial charge in [0, 0.05) is 11.8 Å². The zero-order valence-corrected chi connectivity index (χ0v) is 18.5. The molecule has 0 amide bonds. The van der Waals surface area contributed by atoms with Gasteiger partial charge in [0.25, 0.3) is 0 Å². The smallest absolute Gasteiger partial charge is 0.338 e. The predicted molar refractivity (Wildman–Crippen MR) is 122 cm³/mol. The van der Waals surface area contributed by atoms with E-state index in [4.69, 9.17) is 14.2 Å². The summed E-state index contributed by atoms with van der Waals surface area (Å²) in [5.41, 5.74) is 0.418. The predicted octanol–water partition coefficient (Wildman–Crippen LogP) is 4.16. The van der Waals surface area contributed by atoms with E-state index >= 15 is 0 Å². The van der Waals surface area contributed by atoms with Gasteiger partial charge in [0.1, 0.15) is 11.2 Å². The lowest BCUT2D eigenvalue weighted by Gasteiger charge is -2.23. The number of para-hydroxylation sites is 1. The Morgan fingerprint density at radius 2 is 1.52 bits per heavy atom. The van der Waals surface area contributed by atoms with Gasteiger partial charge in [-0.2, -0.15) is 0 Å². The van der Waals surface area contributed by atoms with E-state index in [9.17, 15) is 14.7 Å². The molecule has 1 aliphatic rings. The molecule has 4 rings (SSSR count). The number of aliphatic hydroxyl groups excluding tert-OH is 1. The lowest BCUT2D eigenvalue weighted by molar-refractivity contribution is -0.154. The van der Waals surface area contributed by atoms with Gasteiger partial charge in [-0.05, 0) is 29.3 Å². The Morgan fingerprint density at radius 1 is 0.909 bits per heavy atom. The largest absolute Gasteiger partial charge is 0.496 e. The summed E-state index contributed by atoms with van der Waals surface area (Å²) in [4.78, 5) is 25.9. The highest BCUT2D eigenvalue weighted by Gasteiger charge is 2.75. The summed E-state index contributed by atoms with van der Waals surface area (Å²) >= 11 is 0. The summed E-state index contributed by atoms with van der Waals surface area (Å²) in [6.07, 6.45) is -1.17. The molecule has 0 spiro atoms. The molecule has 1 fully saturated rings. The van der Waals surface area contributed by atoms with Gasteiger partial charge in [0.05, 0.1) is 32.5 Å². The fraction of sp³-hybridized carbons (Fsp3) is 0.259. The number of hydrogen-bond donors (Lipinski definition) is 1. The van der Waals surface area contributed by atoms with Crippen LogP contribution in [0.1, 0.15) is 33.5 Å². The summed E-state index contributed by atoms with van der Waals surface area (Å²) in [5, 5.41) is 11.5. The van der Waals surface area contributed by atoms with Crippen LogP contribution in [0.2, 0.25) is 0 Å². The van der Waals surface area contributed by atoms with Crippen LogP contribution in [0.3, 0.4) is 0 Å². The molecular weight excluding hydrogens is 420 g/mol. The second kappa shape index (κ2) is 9.46. The lowest BCUT2D eigenvalue weighted by atomic mass is 9.87. The Balaban J connectivity index is 1.73. The maximum absolute atomic E-state index is 13.3. The average Bonchev–Trinajstić information content (AvgIpc) is 3.56. The number of ether oxygens (including phenoxy) is 3. The maximum atomic E-state index is 13.3. The van der Waals surface area contributed by atoms with Crippen LogP contribution in [0.4, 0.5) is 0 Å². The van der Waals surface area contributed by atoms with E-state index in [1.807, 2.05) is 30.3 Å². The van der Waals surface area contributed by atoms with Gasteiger partial charge in [0.15, 0.2) is 0 Å². The number of esters is 2. The first-order valence-electron chi connectivity index (χ1n) is 10.7. The summed E-state index contributed by atoms with van der Waals surface area (Å²) in [7, 11) is 2.85. The van der Waals surface area contributed by atoms with Crippen molar-refractivity contribution in [2.24, 2.45) is 11.3 Å². The van der Waals surface area contributed by atoms with E-state index < -0.39 is 35.3 Å². The van der Waals surface area contributed by atoms with E-state index in [0.29, 0.717) is 16.9 Å². The van der Waals surface area contributed by atoms with Crippen LogP contribution in [0, 0.1) is 11.3 Å². The van der Waals surface area contributed by atoms with E-state index in [-0.39, 0.29) is 6.61 Å². The molecule has 0 radical (unpaired) electrons. The van der Waals surface area contributed by atoms with Gasteiger partial charge in [-0.25, -0.2) is 4.79 Å². The van der Waals surface area contributed by atoms with Crippen molar-refractivity contribution in [3.05, 3.63) is 102 Å². The Bertz CT molecular complexity index is 1110. The van der Waals surface area contributed by atoms with E-state index in [0.717, 1.165) is 5.56 Å². The first-order chi connectivity index (χ1) is 16.1. The first-order valence-corrected chi connectivity index (χ1v) is 10.7. The molecule has 6 nitrogen and oxygen atoms in total. The quantitative estimate of drug-likeness (QED) is 0.524. The highest BCUT2D eigenvalue weighted by molar-refractivity contribution is 5.89. The van der Waals surface area contributed by atoms with Crippen LogP contribution in [0.25, 0.3) is 0 Å². The van der Waals surface area contributed by atoms with Gasteiger partial charge >= 0.3 is 11.9 Å². The highest BCUT2D eigenvalue weighted by atomic mass is 16.5. The molecule has 1 unspecified atom stereocenters. The monoisotopic (exact) mass is 446 g/mol. The van der Waals surface area contributed by atoms with Crippen molar-refractivity contribution in [2.45, 2.75) is 12.0 Å². The number of carbonyl (C=O) groups excluding carboxylic acids is 2. The summed E-state index contributed by atoms with van der Waals surface area (Å²) < 4.78 is 16.3. The number of carbonyl (C=O) groups is 2. The molecule has 1 aliphatic carbocycles. The Kier molecular flexibility index (Phi) is 6.47. The molecule has 0 heterocycles.